The van der Waals surface area contributed by atoms with E-state index >= 15 is 0 Å². The molecular weight excluding hydrogens is 187 g/mol. The molecule has 0 saturated carbocycles. The lowest BCUT2D eigenvalue weighted by atomic mass is 10.4. The van der Waals surface area contributed by atoms with Gasteiger partial charge >= 0.3 is 0 Å². The van der Waals surface area contributed by atoms with Crippen LogP contribution in [0.1, 0.15) is 6.92 Å². The van der Waals surface area contributed by atoms with Crippen LogP contribution in [-0.2, 0) is 9.09 Å². The van der Waals surface area contributed by atoms with Crippen molar-refractivity contribution < 1.29 is 9.09 Å². The lowest BCUT2D eigenvalue weighted by Gasteiger charge is -2.35. The molecule has 0 aromatic rings. The molecule has 1 aliphatic rings. The molecule has 1 atom stereocenters. The van der Waals surface area contributed by atoms with Crippen molar-refractivity contribution in [3.8, 4) is 0 Å². The van der Waals surface area contributed by atoms with Gasteiger partial charge in [0.05, 0.1) is 6.61 Å². The second-order valence-electron chi connectivity index (χ2n) is 3.48. The number of nitrogens with zero attached hydrogens (tertiary/aromatic N) is 2. The summed E-state index contributed by atoms with van der Waals surface area (Å²) in [7, 11) is -0.406. The summed E-state index contributed by atoms with van der Waals surface area (Å²) in [5.41, 5.74) is 0. The molecule has 0 aromatic carbocycles. The van der Waals surface area contributed by atoms with Gasteiger partial charge in [0.1, 0.15) is 0 Å². The second kappa shape index (κ2) is 4.56. The molecule has 1 heterocycles. The topological polar surface area (TPSA) is 32.8 Å². The third-order valence-electron chi connectivity index (χ3n) is 2.36. The number of rotatable bonds is 3. The lowest BCUT2D eigenvalue weighted by Crippen LogP contribution is -2.42. The maximum Gasteiger partial charge on any atom is 0.269 e. The summed E-state index contributed by atoms with van der Waals surface area (Å²) >= 11 is 0. The van der Waals surface area contributed by atoms with Gasteiger partial charge in [-0.1, -0.05) is 0 Å². The van der Waals surface area contributed by atoms with Gasteiger partial charge in [0.2, 0.25) is 0 Å². The summed E-state index contributed by atoms with van der Waals surface area (Å²) in [5, 5.41) is 0. The smallest absolute Gasteiger partial charge is 0.269 e. The van der Waals surface area contributed by atoms with Crippen LogP contribution in [-0.4, -0.2) is 56.1 Å². The Morgan fingerprint density at radius 1 is 1.31 bits per heavy atom. The molecular formula is C8H19N2O2P. The number of hydrogen-bond donors (Lipinski definition) is 0. The molecule has 1 rings (SSSR count). The fraction of sp³-hybridized carbons (Fsp3) is 1.00. The zero-order valence-electron chi connectivity index (χ0n) is 8.69. The minimum Gasteiger partial charge on any atom is -0.318 e. The average Bonchev–Trinajstić information content (AvgIpc) is 2.05. The van der Waals surface area contributed by atoms with E-state index in [1.807, 2.05) is 11.6 Å². The predicted molar refractivity (Wildman–Crippen MR) is 54.2 cm³/mol. The maximum atomic E-state index is 12.0. The molecule has 0 N–H and O–H groups in total. The summed E-state index contributed by atoms with van der Waals surface area (Å²) in [6, 6.07) is 0. The van der Waals surface area contributed by atoms with Gasteiger partial charge in [-0.3, -0.25) is 4.57 Å². The quantitative estimate of drug-likeness (QED) is 0.647. The zero-order chi connectivity index (χ0) is 9.90. The zero-order valence-corrected chi connectivity index (χ0v) is 9.59. The fourth-order valence-electron chi connectivity index (χ4n) is 1.48. The Balaban J connectivity index is 2.48. The van der Waals surface area contributed by atoms with Crippen LogP contribution in [0.15, 0.2) is 0 Å². The van der Waals surface area contributed by atoms with Crippen molar-refractivity contribution in [1.82, 2.24) is 9.57 Å². The van der Waals surface area contributed by atoms with Crippen molar-refractivity contribution in [3.63, 3.8) is 0 Å². The maximum absolute atomic E-state index is 12.0. The molecule has 0 amide bonds. The summed E-state index contributed by atoms with van der Waals surface area (Å²) in [5.74, 6) is 0. The average molecular weight is 206 g/mol. The lowest BCUT2D eigenvalue weighted by molar-refractivity contribution is 0.194. The molecule has 0 aromatic heterocycles. The summed E-state index contributed by atoms with van der Waals surface area (Å²) in [6.45, 7) is 7.78. The largest absolute Gasteiger partial charge is 0.318 e. The molecule has 13 heavy (non-hydrogen) atoms. The van der Waals surface area contributed by atoms with Crippen LogP contribution in [0.3, 0.4) is 0 Å². The van der Waals surface area contributed by atoms with Crippen LogP contribution < -0.4 is 0 Å². The molecule has 0 bridgehead atoms. The monoisotopic (exact) mass is 206 g/mol. The van der Waals surface area contributed by atoms with E-state index in [4.69, 9.17) is 4.52 Å². The second-order valence-corrected chi connectivity index (χ2v) is 5.91. The summed E-state index contributed by atoms with van der Waals surface area (Å²) in [6.07, 6.45) is 0. The van der Waals surface area contributed by atoms with Gasteiger partial charge in [0, 0.05) is 32.8 Å². The molecule has 1 fully saturated rings. The van der Waals surface area contributed by atoms with E-state index in [0.29, 0.717) is 6.61 Å². The SMILES string of the molecule is CCOP(C)(=O)N1CCN(C)CC1. The van der Waals surface area contributed by atoms with Crippen molar-refractivity contribution in [2.45, 2.75) is 6.92 Å². The third kappa shape index (κ3) is 3.06. The van der Waals surface area contributed by atoms with Crippen LogP contribution in [0.4, 0.5) is 0 Å². The highest BCUT2D eigenvalue weighted by molar-refractivity contribution is 7.55. The van der Waals surface area contributed by atoms with Gasteiger partial charge in [0.25, 0.3) is 7.52 Å². The number of likely N-dealkylation sites (N-methyl/N-ethyl adjacent to an activating group) is 1. The Morgan fingerprint density at radius 2 is 1.85 bits per heavy atom. The van der Waals surface area contributed by atoms with Gasteiger partial charge < -0.3 is 9.42 Å². The molecule has 5 heteroatoms. The summed E-state index contributed by atoms with van der Waals surface area (Å²) < 4.78 is 19.2. The minimum atomic E-state index is -2.49. The third-order valence-corrected chi connectivity index (χ3v) is 4.53. The first-order chi connectivity index (χ1) is 6.06. The molecule has 1 unspecified atom stereocenters. The van der Waals surface area contributed by atoms with Crippen molar-refractivity contribution >= 4 is 7.52 Å². The Labute approximate surface area is 80.4 Å². The van der Waals surface area contributed by atoms with Crippen LogP contribution in [0.5, 0.6) is 0 Å². The molecule has 78 valence electrons. The molecule has 4 nitrogen and oxygen atoms in total. The summed E-state index contributed by atoms with van der Waals surface area (Å²) in [4.78, 5) is 2.24. The molecule has 1 aliphatic heterocycles. The van der Waals surface area contributed by atoms with Gasteiger partial charge in [0.15, 0.2) is 0 Å². The molecule has 0 spiro atoms. The van der Waals surface area contributed by atoms with E-state index in [1.165, 1.54) is 0 Å². The number of hydrogen-bond acceptors (Lipinski definition) is 3. The number of piperazine rings is 1. The highest BCUT2D eigenvalue weighted by atomic mass is 31.2. The van der Waals surface area contributed by atoms with Crippen LogP contribution >= 0.6 is 7.52 Å². The Kier molecular flexibility index (Phi) is 3.92. The van der Waals surface area contributed by atoms with Crippen molar-refractivity contribution in [1.29, 1.82) is 0 Å². The van der Waals surface area contributed by atoms with E-state index in [0.717, 1.165) is 26.2 Å². The van der Waals surface area contributed by atoms with Crippen LogP contribution in [0.25, 0.3) is 0 Å². The predicted octanol–water partition coefficient (Wildman–Crippen LogP) is 1.09. The Bertz CT molecular complexity index is 202. The minimum absolute atomic E-state index is 0.528. The Hall–Kier alpha value is 0.110. The Morgan fingerprint density at radius 3 is 2.31 bits per heavy atom. The van der Waals surface area contributed by atoms with Crippen LogP contribution in [0.2, 0.25) is 0 Å². The fourth-order valence-corrected chi connectivity index (χ4v) is 3.03. The first-order valence-electron chi connectivity index (χ1n) is 4.72. The van der Waals surface area contributed by atoms with Gasteiger partial charge in [-0.05, 0) is 14.0 Å². The van der Waals surface area contributed by atoms with E-state index in [9.17, 15) is 4.57 Å². The van der Waals surface area contributed by atoms with E-state index in [1.54, 1.807) is 6.66 Å². The van der Waals surface area contributed by atoms with E-state index in [-0.39, 0.29) is 0 Å². The van der Waals surface area contributed by atoms with Crippen molar-refractivity contribution in [3.05, 3.63) is 0 Å². The van der Waals surface area contributed by atoms with Gasteiger partial charge in [-0.2, -0.15) is 0 Å². The van der Waals surface area contributed by atoms with Crippen LogP contribution in [0, 0.1) is 0 Å². The van der Waals surface area contributed by atoms with E-state index < -0.39 is 7.52 Å². The van der Waals surface area contributed by atoms with E-state index in [2.05, 4.69) is 11.9 Å². The standard InChI is InChI=1S/C8H19N2O2P/c1-4-12-13(3,11)10-7-5-9(2)6-8-10/h4-8H2,1-3H3. The van der Waals surface area contributed by atoms with Crippen molar-refractivity contribution in [2.24, 2.45) is 0 Å². The van der Waals surface area contributed by atoms with Gasteiger partial charge in [-0.25, -0.2) is 4.67 Å². The van der Waals surface area contributed by atoms with Gasteiger partial charge in [-0.15, -0.1) is 0 Å². The molecule has 1 saturated heterocycles. The molecule has 0 radical (unpaired) electrons. The first kappa shape index (κ1) is 11.2. The van der Waals surface area contributed by atoms with Crippen molar-refractivity contribution in [2.75, 3.05) is 46.5 Å². The molecule has 0 aliphatic carbocycles. The highest BCUT2D eigenvalue weighted by Crippen LogP contribution is 2.46. The highest BCUT2D eigenvalue weighted by Gasteiger charge is 2.28. The normalized spacial score (nSPS) is 25.8. The first-order valence-corrected chi connectivity index (χ1v) is 6.74.